The molecule has 2 atom stereocenters. The van der Waals surface area contributed by atoms with Gasteiger partial charge >= 0.3 is 6.41 Å². The molecular formula is C7H10NO. The van der Waals surface area contributed by atoms with Gasteiger partial charge in [-0.2, -0.15) is 0 Å². The maximum atomic E-state index is 10.2. The second kappa shape index (κ2) is 1.72. The summed E-state index contributed by atoms with van der Waals surface area (Å²) in [6.07, 6.45) is 5.78. The monoisotopic (exact) mass is 124 g/mol. The average Bonchev–Trinajstić information content (AvgIpc) is 2.45. The van der Waals surface area contributed by atoms with Crippen molar-refractivity contribution in [2.75, 3.05) is 6.54 Å². The van der Waals surface area contributed by atoms with Gasteiger partial charge in [0.05, 0.1) is 0 Å². The first-order chi connectivity index (χ1) is 4.40. The molecule has 1 heterocycles. The van der Waals surface area contributed by atoms with Gasteiger partial charge in [-0.1, -0.05) is 0 Å². The van der Waals surface area contributed by atoms with E-state index in [2.05, 4.69) is 0 Å². The number of hydrogen-bond acceptors (Lipinski definition) is 1. The highest BCUT2D eigenvalue weighted by atomic mass is 16.1. The number of hydrogen-bond donors (Lipinski definition) is 0. The van der Waals surface area contributed by atoms with E-state index in [1.807, 2.05) is 11.3 Å². The maximum absolute atomic E-state index is 10.2. The SMILES string of the molecule is O=[C]N1CC2CCC1C2. The zero-order valence-electron chi connectivity index (χ0n) is 5.34. The van der Waals surface area contributed by atoms with E-state index in [4.69, 9.17) is 0 Å². The molecule has 1 amide bonds. The molecule has 2 bridgehead atoms. The minimum atomic E-state index is 0.562. The van der Waals surface area contributed by atoms with E-state index in [0.717, 1.165) is 12.5 Å². The third-order valence-corrected chi connectivity index (χ3v) is 2.53. The van der Waals surface area contributed by atoms with Gasteiger partial charge in [0, 0.05) is 12.6 Å². The van der Waals surface area contributed by atoms with Crippen LogP contribution in [-0.4, -0.2) is 23.9 Å². The van der Waals surface area contributed by atoms with Crippen molar-refractivity contribution in [1.29, 1.82) is 0 Å². The fourth-order valence-electron chi connectivity index (χ4n) is 2.04. The lowest BCUT2D eigenvalue weighted by atomic mass is 10.1. The van der Waals surface area contributed by atoms with E-state index in [9.17, 15) is 4.79 Å². The molecule has 1 saturated heterocycles. The molecule has 1 aliphatic heterocycles. The van der Waals surface area contributed by atoms with Crippen LogP contribution in [0.1, 0.15) is 19.3 Å². The fourth-order valence-corrected chi connectivity index (χ4v) is 2.04. The number of rotatable bonds is 1. The van der Waals surface area contributed by atoms with Crippen LogP contribution in [0.5, 0.6) is 0 Å². The maximum Gasteiger partial charge on any atom is 0.312 e. The van der Waals surface area contributed by atoms with E-state index in [1.165, 1.54) is 19.3 Å². The summed E-state index contributed by atoms with van der Waals surface area (Å²) in [5, 5.41) is 0. The fraction of sp³-hybridized carbons (Fsp3) is 0.857. The number of amides is 1. The van der Waals surface area contributed by atoms with Crippen molar-refractivity contribution in [2.45, 2.75) is 25.3 Å². The Balaban J connectivity index is 2.09. The Bertz CT molecular complexity index is 135. The van der Waals surface area contributed by atoms with Gasteiger partial charge in [-0.3, -0.25) is 4.79 Å². The molecule has 2 fully saturated rings. The van der Waals surface area contributed by atoms with E-state index in [-0.39, 0.29) is 0 Å². The minimum Gasteiger partial charge on any atom is -0.331 e. The van der Waals surface area contributed by atoms with E-state index in [1.54, 1.807) is 0 Å². The molecule has 49 valence electrons. The lowest BCUT2D eigenvalue weighted by Crippen LogP contribution is -2.30. The van der Waals surface area contributed by atoms with Gasteiger partial charge in [0.25, 0.3) is 0 Å². The molecule has 9 heavy (non-hydrogen) atoms. The smallest absolute Gasteiger partial charge is 0.312 e. The van der Waals surface area contributed by atoms with Gasteiger partial charge in [0.2, 0.25) is 0 Å². The van der Waals surface area contributed by atoms with Crippen LogP contribution in [0.3, 0.4) is 0 Å². The Morgan fingerprint density at radius 3 is 2.67 bits per heavy atom. The summed E-state index contributed by atoms with van der Waals surface area (Å²) in [5.41, 5.74) is 0. The van der Waals surface area contributed by atoms with Crippen LogP contribution < -0.4 is 0 Å². The van der Waals surface area contributed by atoms with E-state index < -0.39 is 0 Å². The van der Waals surface area contributed by atoms with Crippen molar-refractivity contribution in [3.05, 3.63) is 0 Å². The predicted molar refractivity (Wildman–Crippen MR) is 33.5 cm³/mol. The molecule has 2 nitrogen and oxygen atoms in total. The van der Waals surface area contributed by atoms with E-state index >= 15 is 0 Å². The van der Waals surface area contributed by atoms with Crippen molar-refractivity contribution in [3.63, 3.8) is 0 Å². The van der Waals surface area contributed by atoms with Crippen LogP contribution in [0.4, 0.5) is 0 Å². The lowest BCUT2D eigenvalue weighted by Gasteiger charge is -2.20. The number of piperidine rings is 1. The van der Waals surface area contributed by atoms with Crippen molar-refractivity contribution in [3.8, 4) is 0 Å². The molecule has 0 spiro atoms. The van der Waals surface area contributed by atoms with Crippen LogP contribution in [0.2, 0.25) is 0 Å². The second-order valence-corrected chi connectivity index (χ2v) is 3.08. The Morgan fingerprint density at radius 2 is 2.33 bits per heavy atom. The third kappa shape index (κ3) is 0.655. The molecule has 2 aliphatic rings. The highest BCUT2D eigenvalue weighted by Gasteiger charge is 2.37. The minimum absolute atomic E-state index is 0.562. The van der Waals surface area contributed by atoms with Gasteiger partial charge in [-0.05, 0) is 25.2 Å². The largest absolute Gasteiger partial charge is 0.331 e. The van der Waals surface area contributed by atoms with Gasteiger partial charge < -0.3 is 4.90 Å². The predicted octanol–water partition coefficient (Wildman–Crippen LogP) is 0.538. The first-order valence-electron chi connectivity index (χ1n) is 3.54. The first-order valence-corrected chi connectivity index (χ1v) is 3.54. The summed E-state index contributed by atoms with van der Waals surface area (Å²) in [4.78, 5) is 12.0. The average molecular weight is 124 g/mol. The molecule has 0 aromatic carbocycles. The van der Waals surface area contributed by atoms with Gasteiger partial charge in [0.1, 0.15) is 0 Å². The summed E-state index contributed by atoms with van der Waals surface area (Å²) in [7, 11) is 0. The second-order valence-electron chi connectivity index (χ2n) is 3.08. The highest BCUT2D eigenvalue weighted by Crippen LogP contribution is 2.35. The zero-order valence-corrected chi connectivity index (χ0v) is 5.34. The van der Waals surface area contributed by atoms with Crippen LogP contribution in [0.25, 0.3) is 0 Å². The summed E-state index contributed by atoms with van der Waals surface area (Å²) in [5.74, 6) is 0.816. The highest BCUT2D eigenvalue weighted by molar-refractivity contribution is 5.50. The number of fused-ring (bicyclic) bond motifs is 2. The lowest BCUT2D eigenvalue weighted by molar-refractivity contribution is 0.308. The summed E-state index contributed by atoms with van der Waals surface area (Å²) in [6.45, 7) is 0.980. The van der Waals surface area contributed by atoms with Crippen molar-refractivity contribution >= 4 is 6.41 Å². The normalized spacial score (nSPS) is 39.8. The molecule has 0 aromatic rings. The number of carbonyl (C=O) groups excluding carboxylic acids is 1. The van der Waals surface area contributed by atoms with E-state index in [0.29, 0.717) is 6.04 Å². The summed E-state index contributed by atoms with van der Waals surface area (Å²) >= 11 is 0. The molecule has 1 aliphatic carbocycles. The Morgan fingerprint density at radius 1 is 1.44 bits per heavy atom. The van der Waals surface area contributed by atoms with Crippen molar-refractivity contribution in [1.82, 2.24) is 4.90 Å². The first kappa shape index (κ1) is 5.27. The standard InChI is InChI=1S/C7H10NO/c9-5-8-4-6-1-2-7(8)3-6/h6-7H,1-4H2. The van der Waals surface area contributed by atoms with Gasteiger partial charge in [-0.15, -0.1) is 0 Å². The quantitative estimate of drug-likeness (QED) is 0.499. The molecule has 2 unspecified atom stereocenters. The topological polar surface area (TPSA) is 20.3 Å². The number of likely N-dealkylation sites (tertiary alicyclic amines) is 1. The zero-order chi connectivity index (χ0) is 6.27. The third-order valence-electron chi connectivity index (χ3n) is 2.53. The van der Waals surface area contributed by atoms with Gasteiger partial charge in [-0.25, -0.2) is 0 Å². The molecular weight excluding hydrogens is 114 g/mol. The summed E-state index contributed by atoms with van der Waals surface area (Å²) < 4.78 is 0. The Labute approximate surface area is 54.8 Å². The van der Waals surface area contributed by atoms with Crippen molar-refractivity contribution < 1.29 is 4.79 Å². The molecule has 2 rings (SSSR count). The Hall–Kier alpha value is -0.530. The number of nitrogens with zero attached hydrogens (tertiary/aromatic N) is 1. The van der Waals surface area contributed by atoms with Crippen molar-refractivity contribution in [2.24, 2.45) is 5.92 Å². The van der Waals surface area contributed by atoms with Crippen LogP contribution in [0.15, 0.2) is 0 Å². The van der Waals surface area contributed by atoms with Crippen LogP contribution in [0, 0.1) is 5.92 Å². The van der Waals surface area contributed by atoms with Crippen LogP contribution >= 0.6 is 0 Å². The molecule has 0 N–H and O–H groups in total. The summed E-state index contributed by atoms with van der Waals surface area (Å²) in [6, 6.07) is 0.562. The molecule has 0 aromatic heterocycles. The van der Waals surface area contributed by atoms with Crippen LogP contribution in [-0.2, 0) is 4.79 Å². The molecule has 1 radical (unpaired) electrons. The molecule has 2 heteroatoms. The van der Waals surface area contributed by atoms with Gasteiger partial charge in [0.15, 0.2) is 0 Å². The Kier molecular flexibility index (Phi) is 1.01. The molecule has 1 saturated carbocycles.